The smallest absolute Gasteiger partial charge is 0.189 e. The number of hydrogen-bond donors (Lipinski definition) is 1. The number of hydrogen-bond acceptors (Lipinski definition) is 7. The van der Waals surface area contributed by atoms with Crippen molar-refractivity contribution in [3.63, 3.8) is 0 Å². The van der Waals surface area contributed by atoms with Crippen LogP contribution < -0.4 is 4.90 Å². The molecule has 0 aromatic carbocycles. The summed E-state index contributed by atoms with van der Waals surface area (Å²) in [5.41, 5.74) is -0.450. The number of anilines is 1. The summed E-state index contributed by atoms with van der Waals surface area (Å²) < 4.78 is 20.2. The molecule has 0 aliphatic carbocycles. The van der Waals surface area contributed by atoms with Gasteiger partial charge in [0, 0.05) is 6.61 Å². The van der Waals surface area contributed by atoms with Crippen LogP contribution in [0.15, 0.2) is 5.16 Å². The van der Waals surface area contributed by atoms with Gasteiger partial charge in [0.1, 0.15) is 16.5 Å². The molecule has 2 aliphatic rings. The van der Waals surface area contributed by atoms with Crippen LogP contribution >= 0.6 is 35.0 Å². The molecule has 0 spiro atoms. The first-order valence-electron chi connectivity index (χ1n) is 7.75. The van der Waals surface area contributed by atoms with Crippen molar-refractivity contribution in [2.75, 3.05) is 31.0 Å². The Labute approximate surface area is 157 Å². The maximum absolute atomic E-state index is 14.6. The van der Waals surface area contributed by atoms with Crippen LogP contribution in [0.2, 0.25) is 10.3 Å². The second kappa shape index (κ2) is 6.35. The molecule has 0 saturated carbocycles. The van der Waals surface area contributed by atoms with Gasteiger partial charge in [-0.2, -0.15) is 0 Å². The summed E-state index contributed by atoms with van der Waals surface area (Å²) in [6.45, 7) is 1.02. The molecule has 10 heteroatoms. The number of rotatable bonds is 3. The van der Waals surface area contributed by atoms with Gasteiger partial charge in [0.05, 0.1) is 30.2 Å². The summed E-state index contributed by atoms with van der Waals surface area (Å²) in [5.74, 6) is -0.254. The van der Waals surface area contributed by atoms with Crippen molar-refractivity contribution >= 4 is 51.7 Å². The van der Waals surface area contributed by atoms with E-state index in [2.05, 4.69) is 15.0 Å². The zero-order valence-corrected chi connectivity index (χ0v) is 15.6. The van der Waals surface area contributed by atoms with Gasteiger partial charge in [-0.3, -0.25) is 0 Å². The standard InChI is InChI=1S/C15H15Cl2FN4O2S/c1-25-14-19-10-8(11(16)20-12(17)9(10)18)13(21-14)22-7-4-15(22,6-23)2-3-24-5-7/h7,23H,2-6H2,1H3. The Kier molecular flexibility index (Phi) is 4.44. The number of halogens is 3. The molecule has 4 heterocycles. The molecule has 2 bridgehead atoms. The van der Waals surface area contributed by atoms with E-state index in [0.717, 1.165) is 6.42 Å². The van der Waals surface area contributed by atoms with Gasteiger partial charge in [-0.15, -0.1) is 0 Å². The highest BCUT2D eigenvalue weighted by molar-refractivity contribution is 7.98. The van der Waals surface area contributed by atoms with Gasteiger partial charge >= 0.3 is 0 Å². The topological polar surface area (TPSA) is 71.4 Å². The van der Waals surface area contributed by atoms with Crippen LogP contribution in [0, 0.1) is 5.82 Å². The first kappa shape index (κ1) is 17.5. The van der Waals surface area contributed by atoms with Gasteiger partial charge in [-0.1, -0.05) is 35.0 Å². The molecule has 2 fully saturated rings. The SMILES string of the molecule is CSc1nc(N2C3COCCC2(CO)C3)c2c(Cl)nc(Cl)c(F)c2n1. The Hall–Kier alpha value is -0.930. The lowest BCUT2D eigenvalue weighted by atomic mass is 9.77. The van der Waals surface area contributed by atoms with E-state index < -0.39 is 11.4 Å². The number of nitrogens with zero attached hydrogens (tertiary/aromatic N) is 4. The molecule has 0 radical (unpaired) electrons. The molecule has 1 N–H and O–H groups in total. The molecule has 2 saturated heterocycles. The van der Waals surface area contributed by atoms with Crippen LogP contribution in [-0.4, -0.2) is 57.7 Å². The van der Waals surface area contributed by atoms with E-state index in [-0.39, 0.29) is 28.5 Å². The lowest BCUT2D eigenvalue weighted by Crippen LogP contribution is -2.68. The highest BCUT2D eigenvalue weighted by atomic mass is 35.5. The lowest BCUT2D eigenvalue weighted by molar-refractivity contribution is 0.106. The average molecular weight is 405 g/mol. The van der Waals surface area contributed by atoms with Crippen molar-refractivity contribution < 1.29 is 14.2 Å². The van der Waals surface area contributed by atoms with Crippen LogP contribution in [-0.2, 0) is 4.74 Å². The fourth-order valence-corrected chi connectivity index (χ4v) is 4.53. The number of thioether (sulfide) groups is 1. The van der Waals surface area contributed by atoms with Crippen LogP contribution in [0.1, 0.15) is 12.8 Å². The highest BCUT2D eigenvalue weighted by Gasteiger charge is 2.54. The minimum absolute atomic E-state index is 0.0389. The van der Waals surface area contributed by atoms with Crippen molar-refractivity contribution in [1.29, 1.82) is 0 Å². The number of fused-ring (bicyclic) bond motifs is 3. The Morgan fingerprint density at radius 2 is 2.16 bits per heavy atom. The Bertz CT molecular complexity index is 854. The van der Waals surface area contributed by atoms with E-state index in [1.54, 1.807) is 6.26 Å². The number of aliphatic hydroxyl groups excluding tert-OH is 1. The maximum Gasteiger partial charge on any atom is 0.189 e. The van der Waals surface area contributed by atoms with Crippen LogP contribution in [0.25, 0.3) is 10.9 Å². The van der Waals surface area contributed by atoms with E-state index in [4.69, 9.17) is 27.9 Å². The van der Waals surface area contributed by atoms with E-state index in [9.17, 15) is 9.50 Å². The molecular weight excluding hydrogens is 390 g/mol. The van der Waals surface area contributed by atoms with E-state index in [1.165, 1.54) is 11.8 Å². The van der Waals surface area contributed by atoms with E-state index >= 15 is 0 Å². The van der Waals surface area contributed by atoms with Gasteiger partial charge in [-0.25, -0.2) is 19.3 Å². The molecule has 2 unspecified atom stereocenters. The fraction of sp³-hybridized carbons (Fsp3) is 0.533. The van der Waals surface area contributed by atoms with Gasteiger partial charge < -0.3 is 14.7 Å². The van der Waals surface area contributed by atoms with Crippen LogP contribution in [0.4, 0.5) is 10.2 Å². The van der Waals surface area contributed by atoms with Crippen LogP contribution in [0.5, 0.6) is 0 Å². The second-order valence-corrected chi connectivity index (χ2v) is 7.69. The van der Waals surface area contributed by atoms with Gasteiger partial charge in [0.2, 0.25) is 0 Å². The Balaban J connectivity index is 1.99. The van der Waals surface area contributed by atoms with Crippen molar-refractivity contribution in [3.05, 3.63) is 16.1 Å². The lowest BCUT2D eigenvalue weighted by Gasteiger charge is -2.56. The predicted octanol–water partition coefficient (Wildman–Crippen LogP) is 2.92. The molecule has 134 valence electrons. The van der Waals surface area contributed by atoms with Crippen molar-refractivity contribution in [3.8, 4) is 0 Å². The first-order chi connectivity index (χ1) is 12.0. The van der Waals surface area contributed by atoms with E-state index in [0.29, 0.717) is 36.0 Å². The third kappa shape index (κ3) is 2.57. The minimum atomic E-state index is -0.724. The Morgan fingerprint density at radius 1 is 1.36 bits per heavy atom. The minimum Gasteiger partial charge on any atom is -0.394 e. The van der Waals surface area contributed by atoms with Crippen molar-refractivity contribution in [1.82, 2.24) is 15.0 Å². The molecule has 2 aromatic heterocycles. The summed E-state index contributed by atoms with van der Waals surface area (Å²) in [6.07, 6.45) is 3.24. The molecule has 2 aliphatic heterocycles. The number of ether oxygens (including phenoxy) is 1. The van der Waals surface area contributed by atoms with Gasteiger partial charge in [-0.05, 0) is 19.1 Å². The highest BCUT2D eigenvalue weighted by Crippen LogP contribution is 2.47. The van der Waals surface area contributed by atoms with Crippen molar-refractivity contribution in [2.45, 2.75) is 29.6 Å². The molecule has 2 aromatic rings. The number of aromatic nitrogens is 3. The average Bonchev–Trinajstić information content (AvgIpc) is 2.92. The van der Waals surface area contributed by atoms with E-state index in [1.807, 2.05) is 4.90 Å². The summed E-state index contributed by atoms with van der Waals surface area (Å²) >= 11 is 13.4. The first-order valence-corrected chi connectivity index (χ1v) is 9.73. The monoisotopic (exact) mass is 404 g/mol. The summed E-state index contributed by atoms with van der Waals surface area (Å²) in [6, 6.07) is 0.0391. The third-order valence-electron chi connectivity index (χ3n) is 4.88. The van der Waals surface area contributed by atoms with Gasteiger partial charge in [0.25, 0.3) is 0 Å². The molecule has 25 heavy (non-hydrogen) atoms. The zero-order valence-electron chi connectivity index (χ0n) is 13.3. The summed E-state index contributed by atoms with van der Waals surface area (Å²) in [5, 5.41) is 10.5. The summed E-state index contributed by atoms with van der Waals surface area (Å²) in [4.78, 5) is 14.7. The normalized spacial score (nSPS) is 25.8. The zero-order chi connectivity index (χ0) is 17.8. The number of pyridine rings is 1. The maximum atomic E-state index is 14.6. The largest absolute Gasteiger partial charge is 0.394 e. The quantitative estimate of drug-likeness (QED) is 0.478. The molecule has 4 rings (SSSR count). The number of aliphatic hydroxyl groups is 1. The molecule has 2 atom stereocenters. The second-order valence-electron chi connectivity index (χ2n) is 6.20. The van der Waals surface area contributed by atoms with Crippen LogP contribution in [0.3, 0.4) is 0 Å². The molecule has 0 amide bonds. The molecule has 6 nitrogen and oxygen atoms in total. The third-order valence-corrected chi connectivity index (χ3v) is 5.95. The fourth-order valence-electron chi connectivity index (χ4n) is 3.69. The van der Waals surface area contributed by atoms with Crippen molar-refractivity contribution in [2.24, 2.45) is 0 Å². The molecular formula is C15H15Cl2FN4O2S. The summed E-state index contributed by atoms with van der Waals surface area (Å²) in [7, 11) is 0. The Morgan fingerprint density at radius 3 is 2.88 bits per heavy atom. The van der Waals surface area contributed by atoms with Gasteiger partial charge in [0.15, 0.2) is 16.1 Å². The predicted molar refractivity (Wildman–Crippen MR) is 95.2 cm³/mol.